The second-order valence-electron chi connectivity index (χ2n) is 7.25. The van der Waals surface area contributed by atoms with Crippen molar-refractivity contribution in [3.05, 3.63) is 59.7 Å². The van der Waals surface area contributed by atoms with Crippen LogP contribution in [0.25, 0.3) is 0 Å². The Morgan fingerprint density at radius 2 is 1.74 bits per heavy atom. The smallest absolute Gasteiger partial charge is 0.475 e. The molecule has 0 saturated carbocycles. The minimum atomic E-state index is -5.08. The maximum Gasteiger partial charge on any atom is 0.490 e. The van der Waals surface area contributed by atoms with Crippen molar-refractivity contribution in [1.29, 1.82) is 0 Å². The van der Waals surface area contributed by atoms with Gasteiger partial charge in [0.15, 0.2) is 12.2 Å². The third-order valence-electron chi connectivity index (χ3n) is 4.72. The normalized spacial score (nSPS) is 16.8. The summed E-state index contributed by atoms with van der Waals surface area (Å²) < 4.78 is 37.1. The number of aliphatic hydroxyl groups excluding tert-OH is 1. The number of aliphatic hydroxyl groups is 1. The van der Waals surface area contributed by atoms with Gasteiger partial charge in [-0.15, -0.1) is 0 Å². The van der Waals surface area contributed by atoms with Gasteiger partial charge in [0.05, 0.1) is 6.61 Å². The van der Waals surface area contributed by atoms with E-state index in [1.165, 1.54) is 4.90 Å². The molecule has 12 heteroatoms. The fourth-order valence-electron chi connectivity index (χ4n) is 2.89. The average molecular weight is 483 g/mol. The number of nitrogens with one attached hydrogen (secondary N) is 1. The van der Waals surface area contributed by atoms with Gasteiger partial charge >= 0.3 is 12.1 Å². The van der Waals surface area contributed by atoms with Crippen LogP contribution in [0.5, 0.6) is 0 Å². The van der Waals surface area contributed by atoms with Crippen LogP contribution in [0.2, 0.25) is 0 Å². The van der Waals surface area contributed by atoms with Gasteiger partial charge in [-0.1, -0.05) is 29.8 Å². The Morgan fingerprint density at radius 3 is 2.24 bits per heavy atom. The molecule has 2 aromatic rings. The number of rotatable bonds is 5. The molecule has 1 fully saturated rings. The summed E-state index contributed by atoms with van der Waals surface area (Å²) in [5, 5.41) is 20.1. The number of carboxylic acid groups (broad SMARTS) is 1. The standard InChI is InChI=1S/C20H23N3O4.C2HF3O2/c1-13-2-8-16(9-3-13)23-10-11-27-18(20(23)26)17(24)19(25)22-15-6-4-14(12-21)5-7-15;3-2(4,5)1(6)7/h2-9,17-18,24H,10-12,21H2,1H3,(H,22,25);(H,6,7). The van der Waals surface area contributed by atoms with Gasteiger partial charge in [-0.2, -0.15) is 13.2 Å². The maximum atomic E-state index is 12.7. The Morgan fingerprint density at radius 1 is 1.18 bits per heavy atom. The molecule has 0 aliphatic carbocycles. The average Bonchev–Trinajstić information content (AvgIpc) is 2.80. The minimum Gasteiger partial charge on any atom is -0.475 e. The van der Waals surface area contributed by atoms with Gasteiger partial charge in [-0.3, -0.25) is 9.59 Å². The monoisotopic (exact) mass is 483 g/mol. The maximum absolute atomic E-state index is 12.7. The third-order valence-corrected chi connectivity index (χ3v) is 4.72. The number of benzene rings is 2. The lowest BCUT2D eigenvalue weighted by molar-refractivity contribution is -0.192. The molecular weight excluding hydrogens is 459 g/mol. The van der Waals surface area contributed by atoms with Gasteiger partial charge in [0.25, 0.3) is 11.8 Å². The Labute approximate surface area is 192 Å². The number of nitrogens with two attached hydrogens (primary N) is 1. The molecule has 1 heterocycles. The number of hydrogen-bond donors (Lipinski definition) is 4. The number of aryl methyl sites for hydroxylation is 1. The van der Waals surface area contributed by atoms with E-state index in [-0.39, 0.29) is 6.61 Å². The second kappa shape index (κ2) is 11.6. The first-order chi connectivity index (χ1) is 15.9. The highest BCUT2D eigenvalue weighted by Gasteiger charge is 2.39. The summed E-state index contributed by atoms with van der Waals surface area (Å²) in [5.41, 5.74) is 8.77. The number of morpholine rings is 1. The first kappa shape index (κ1) is 26.8. The van der Waals surface area contributed by atoms with E-state index in [9.17, 15) is 27.9 Å². The molecule has 1 aliphatic heterocycles. The molecule has 5 N–H and O–H groups in total. The summed E-state index contributed by atoms with van der Waals surface area (Å²) in [5.74, 6) is -3.89. The highest BCUT2D eigenvalue weighted by Crippen LogP contribution is 2.21. The molecule has 0 bridgehead atoms. The number of anilines is 2. The van der Waals surface area contributed by atoms with Crippen molar-refractivity contribution in [2.45, 2.75) is 31.9 Å². The number of hydrogen-bond acceptors (Lipinski definition) is 6. The lowest BCUT2D eigenvalue weighted by atomic mass is 10.1. The summed E-state index contributed by atoms with van der Waals surface area (Å²) in [6.07, 6.45) is -7.94. The molecule has 9 nitrogen and oxygen atoms in total. The van der Waals surface area contributed by atoms with Crippen molar-refractivity contribution in [1.82, 2.24) is 0 Å². The quantitative estimate of drug-likeness (QED) is 0.508. The van der Waals surface area contributed by atoms with Gasteiger partial charge < -0.3 is 30.9 Å². The summed E-state index contributed by atoms with van der Waals surface area (Å²) in [6, 6.07) is 14.4. The van der Waals surface area contributed by atoms with Gasteiger partial charge in [-0.05, 0) is 36.8 Å². The molecule has 2 aromatic carbocycles. The summed E-state index contributed by atoms with van der Waals surface area (Å²) in [6.45, 7) is 2.96. The predicted molar refractivity (Wildman–Crippen MR) is 116 cm³/mol. The zero-order chi connectivity index (χ0) is 25.5. The topological polar surface area (TPSA) is 142 Å². The molecule has 34 heavy (non-hydrogen) atoms. The molecule has 3 rings (SSSR count). The number of alkyl halides is 3. The van der Waals surface area contributed by atoms with Crippen LogP contribution in [0.1, 0.15) is 11.1 Å². The zero-order valence-electron chi connectivity index (χ0n) is 18.1. The number of carbonyl (C=O) groups is 3. The van der Waals surface area contributed by atoms with Gasteiger partial charge in [-0.25, -0.2) is 4.79 Å². The van der Waals surface area contributed by atoms with Gasteiger partial charge in [0.2, 0.25) is 0 Å². The number of aliphatic carboxylic acids is 1. The molecule has 1 saturated heterocycles. The summed E-state index contributed by atoms with van der Waals surface area (Å²) in [4.78, 5) is 35.5. The predicted octanol–water partition coefficient (Wildman–Crippen LogP) is 1.82. The number of nitrogens with zero attached hydrogens (tertiary/aromatic N) is 1. The largest absolute Gasteiger partial charge is 0.490 e. The Hall–Kier alpha value is -3.48. The van der Waals surface area contributed by atoms with Crippen molar-refractivity contribution in [3.8, 4) is 0 Å². The van der Waals surface area contributed by atoms with E-state index in [0.29, 0.717) is 24.5 Å². The van der Waals surface area contributed by atoms with Crippen LogP contribution in [0.15, 0.2) is 48.5 Å². The third kappa shape index (κ3) is 7.27. The van der Waals surface area contributed by atoms with Crippen LogP contribution in [-0.4, -0.2) is 59.5 Å². The van der Waals surface area contributed by atoms with Crippen molar-refractivity contribution in [3.63, 3.8) is 0 Å². The molecule has 0 aromatic heterocycles. The summed E-state index contributed by atoms with van der Waals surface area (Å²) >= 11 is 0. The Kier molecular flexibility index (Phi) is 9.12. The second-order valence-corrected chi connectivity index (χ2v) is 7.25. The fraction of sp³-hybridized carbons (Fsp3) is 0.318. The van der Waals surface area contributed by atoms with Crippen molar-refractivity contribution < 1.29 is 42.5 Å². The SMILES string of the molecule is Cc1ccc(N2CCOC(C(O)C(=O)Nc3ccc(CN)cc3)C2=O)cc1.O=C(O)C(F)(F)F. The van der Waals surface area contributed by atoms with E-state index >= 15 is 0 Å². The van der Waals surface area contributed by atoms with Crippen molar-refractivity contribution >= 4 is 29.2 Å². The van der Waals surface area contributed by atoms with Crippen LogP contribution in [0.3, 0.4) is 0 Å². The highest BCUT2D eigenvalue weighted by molar-refractivity contribution is 6.03. The van der Waals surface area contributed by atoms with Crippen LogP contribution in [-0.2, 0) is 25.7 Å². The number of halogens is 3. The Balaban J connectivity index is 0.000000509. The van der Waals surface area contributed by atoms with Crippen LogP contribution < -0.4 is 16.0 Å². The first-order valence-electron chi connectivity index (χ1n) is 10.0. The molecule has 184 valence electrons. The summed E-state index contributed by atoms with van der Waals surface area (Å²) in [7, 11) is 0. The van der Waals surface area contributed by atoms with Gasteiger partial charge in [0.1, 0.15) is 0 Å². The zero-order valence-corrected chi connectivity index (χ0v) is 18.1. The van der Waals surface area contributed by atoms with E-state index in [0.717, 1.165) is 11.1 Å². The minimum absolute atomic E-state index is 0.236. The number of carbonyl (C=O) groups excluding carboxylic acids is 2. The van der Waals surface area contributed by atoms with E-state index in [1.54, 1.807) is 24.3 Å². The number of ether oxygens (including phenoxy) is 1. The molecule has 2 amide bonds. The molecule has 0 radical (unpaired) electrons. The number of amides is 2. The van der Waals surface area contributed by atoms with Gasteiger partial charge in [0, 0.05) is 24.5 Å². The van der Waals surface area contributed by atoms with Crippen molar-refractivity contribution in [2.24, 2.45) is 5.73 Å². The molecule has 2 unspecified atom stereocenters. The molecule has 1 aliphatic rings. The molecular formula is C22H24F3N3O6. The first-order valence-corrected chi connectivity index (χ1v) is 10.0. The lowest BCUT2D eigenvalue weighted by Gasteiger charge is -2.34. The molecule has 0 spiro atoms. The van der Waals surface area contributed by atoms with E-state index < -0.39 is 36.2 Å². The lowest BCUT2D eigenvalue weighted by Crippen LogP contribution is -2.55. The highest BCUT2D eigenvalue weighted by atomic mass is 19.4. The fourth-order valence-corrected chi connectivity index (χ4v) is 2.89. The Bertz CT molecular complexity index is 996. The molecule has 2 atom stereocenters. The van der Waals surface area contributed by atoms with E-state index in [2.05, 4.69) is 5.32 Å². The van der Waals surface area contributed by atoms with Crippen molar-refractivity contribution in [2.75, 3.05) is 23.4 Å². The number of carboxylic acids is 1. The van der Waals surface area contributed by atoms with Crippen LogP contribution in [0.4, 0.5) is 24.5 Å². The van der Waals surface area contributed by atoms with E-state index in [4.69, 9.17) is 20.4 Å². The van der Waals surface area contributed by atoms with Crippen LogP contribution >= 0.6 is 0 Å². The van der Waals surface area contributed by atoms with E-state index in [1.807, 2.05) is 31.2 Å². The van der Waals surface area contributed by atoms with Crippen LogP contribution in [0, 0.1) is 6.92 Å².